The van der Waals surface area contributed by atoms with Crippen LogP contribution >= 0.6 is 0 Å². The van der Waals surface area contributed by atoms with E-state index < -0.39 is 0 Å². The van der Waals surface area contributed by atoms with E-state index in [4.69, 9.17) is 9.47 Å². The van der Waals surface area contributed by atoms with Gasteiger partial charge in [0.25, 0.3) is 0 Å². The summed E-state index contributed by atoms with van der Waals surface area (Å²) >= 11 is 0. The minimum absolute atomic E-state index is 0.840. The van der Waals surface area contributed by atoms with Crippen molar-refractivity contribution in [3.63, 3.8) is 0 Å². The van der Waals surface area contributed by atoms with E-state index in [1.165, 1.54) is 0 Å². The van der Waals surface area contributed by atoms with Crippen molar-refractivity contribution in [2.45, 2.75) is 19.3 Å². The molecule has 0 amide bonds. The smallest absolute Gasteiger partial charge is 0.0465 e. The maximum atomic E-state index is 4.90. The fourth-order valence-electron chi connectivity index (χ4n) is 0.718. The molecule has 0 heterocycles. The number of ether oxygens (including phenoxy) is 2. The van der Waals surface area contributed by atoms with Gasteiger partial charge in [0.05, 0.1) is 0 Å². The number of hydrogen-bond donors (Lipinski definition) is 0. The van der Waals surface area contributed by atoms with Crippen molar-refractivity contribution in [1.29, 1.82) is 0 Å². The average molecular weight is 145 g/mol. The lowest BCUT2D eigenvalue weighted by atomic mass is 10.2. The molecule has 0 aromatic rings. The highest BCUT2D eigenvalue weighted by Crippen LogP contribution is 1.97. The van der Waals surface area contributed by atoms with Gasteiger partial charge in [-0.15, -0.1) is 0 Å². The van der Waals surface area contributed by atoms with Gasteiger partial charge < -0.3 is 9.47 Å². The van der Waals surface area contributed by atoms with E-state index in [1.54, 1.807) is 14.2 Å². The summed E-state index contributed by atoms with van der Waals surface area (Å²) in [6.45, 7) is 1.70. The fourth-order valence-corrected chi connectivity index (χ4v) is 0.718. The monoisotopic (exact) mass is 145 g/mol. The second-order valence-electron chi connectivity index (χ2n) is 2.21. The SMILES string of the molecule is COCC[CH]CCCOC. The first kappa shape index (κ1) is 9.92. The van der Waals surface area contributed by atoms with Crippen molar-refractivity contribution < 1.29 is 9.47 Å². The molecule has 0 aromatic carbocycles. The Bertz CT molecular complexity index is 47.2. The van der Waals surface area contributed by atoms with Crippen molar-refractivity contribution in [2.24, 2.45) is 0 Å². The lowest BCUT2D eigenvalue weighted by molar-refractivity contribution is 0.189. The first-order valence-electron chi connectivity index (χ1n) is 3.71. The Morgan fingerprint density at radius 2 is 1.70 bits per heavy atom. The molecule has 61 valence electrons. The Hall–Kier alpha value is -0.0800. The Morgan fingerprint density at radius 1 is 1.00 bits per heavy atom. The largest absolute Gasteiger partial charge is 0.385 e. The van der Waals surface area contributed by atoms with Crippen molar-refractivity contribution in [1.82, 2.24) is 0 Å². The van der Waals surface area contributed by atoms with Crippen LogP contribution in [0.15, 0.2) is 0 Å². The Balaban J connectivity index is 2.65. The molecule has 0 bridgehead atoms. The van der Waals surface area contributed by atoms with E-state index in [-0.39, 0.29) is 0 Å². The zero-order valence-electron chi connectivity index (χ0n) is 6.93. The first-order valence-corrected chi connectivity index (χ1v) is 3.71. The lowest BCUT2D eigenvalue weighted by Gasteiger charge is -1.98. The molecule has 0 atom stereocenters. The summed E-state index contributed by atoms with van der Waals surface area (Å²) < 4.78 is 9.78. The van der Waals surface area contributed by atoms with Crippen LogP contribution in [-0.2, 0) is 9.47 Å². The molecule has 0 spiro atoms. The third-order valence-electron chi connectivity index (χ3n) is 1.28. The molecule has 0 saturated carbocycles. The third kappa shape index (κ3) is 7.92. The molecule has 0 aromatic heterocycles. The minimum Gasteiger partial charge on any atom is -0.385 e. The molecule has 0 unspecified atom stereocenters. The predicted octanol–water partition coefficient (Wildman–Crippen LogP) is 1.65. The molecule has 10 heavy (non-hydrogen) atoms. The van der Waals surface area contributed by atoms with Gasteiger partial charge in [-0.3, -0.25) is 0 Å². The molecule has 0 aliphatic carbocycles. The summed E-state index contributed by atoms with van der Waals surface area (Å²) in [5.74, 6) is 0. The van der Waals surface area contributed by atoms with Gasteiger partial charge in [-0.05, 0) is 25.7 Å². The summed E-state index contributed by atoms with van der Waals surface area (Å²) in [5, 5.41) is 0. The molecule has 0 fully saturated rings. The summed E-state index contributed by atoms with van der Waals surface area (Å²) in [7, 11) is 3.46. The number of rotatable bonds is 7. The Labute approximate surface area is 63.5 Å². The molecular formula is C8H17O2. The topological polar surface area (TPSA) is 18.5 Å². The average Bonchev–Trinajstić information content (AvgIpc) is 1.97. The van der Waals surface area contributed by atoms with E-state index >= 15 is 0 Å². The second kappa shape index (κ2) is 8.92. The van der Waals surface area contributed by atoms with E-state index in [1.807, 2.05) is 0 Å². The van der Waals surface area contributed by atoms with E-state index in [0.717, 1.165) is 32.5 Å². The van der Waals surface area contributed by atoms with Crippen LogP contribution in [0.3, 0.4) is 0 Å². The summed E-state index contributed by atoms with van der Waals surface area (Å²) in [6.07, 6.45) is 5.56. The van der Waals surface area contributed by atoms with Gasteiger partial charge in [0.1, 0.15) is 0 Å². The first-order chi connectivity index (χ1) is 4.91. The standard InChI is InChI=1S/C8H17O2/c1-9-7-5-3-4-6-8-10-2/h3H,4-8H2,1-2H3. The van der Waals surface area contributed by atoms with Crippen molar-refractivity contribution in [2.75, 3.05) is 27.4 Å². The van der Waals surface area contributed by atoms with Crippen molar-refractivity contribution in [3.8, 4) is 0 Å². The van der Waals surface area contributed by atoms with Gasteiger partial charge in [-0.2, -0.15) is 0 Å². The Kier molecular flexibility index (Phi) is 8.85. The lowest BCUT2D eigenvalue weighted by Crippen LogP contribution is -1.91. The van der Waals surface area contributed by atoms with Crippen LogP contribution < -0.4 is 0 Å². The van der Waals surface area contributed by atoms with Gasteiger partial charge in [0.2, 0.25) is 0 Å². The van der Waals surface area contributed by atoms with Gasteiger partial charge >= 0.3 is 0 Å². The molecular weight excluding hydrogens is 128 g/mol. The minimum atomic E-state index is 0.840. The van der Waals surface area contributed by atoms with Crippen molar-refractivity contribution >= 4 is 0 Å². The van der Waals surface area contributed by atoms with Crippen LogP contribution in [0.1, 0.15) is 19.3 Å². The van der Waals surface area contributed by atoms with Gasteiger partial charge in [-0.1, -0.05) is 0 Å². The van der Waals surface area contributed by atoms with Gasteiger partial charge in [-0.25, -0.2) is 0 Å². The predicted molar refractivity (Wildman–Crippen MR) is 41.9 cm³/mol. The number of unbranched alkanes of at least 4 members (excludes halogenated alkanes) is 3. The molecule has 1 radical (unpaired) electrons. The summed E-state index contributed by atoms with van der Waals surface area (Å²) in [6, 6.07) is 0. The van der Waals surface area contributed by atoms with Gasteiger partial charge in [0, 0.05) is 27.4 Å². The molecule has 2 heteroatoms. The summed E-state index contributed by atoms with van der Waals surface area (Å²) in [4.78, 5) is 0. The van der Waals surface area contributed by atoms with Gasteiger partial charge in [0.15, 0.2) is 0 Å². The van der Waals surface area contributed by atoms with E-state index in [9.17, 15) is 0 Å². The number of hydrogen-bond acceptors (Lipinski definition) is 2. The normalized spacial score (nSPS) is 10.2. The molecule has 0 rings (SSSR count). The molecule has 0 aliphatic heterocycles. The summed E-state index contributed by atoms with van der Waals surface area (Å²) in [5.41, 5.74) is 0. The zero-order chi connectivity index (χ0) is 7.66. The Morgan fingerprint density at radius 3 is 2.30 bits per heavy atom. The quantitative estimate of drug-likeness (QED) is 0.507. The highest BCUT2D eigenvalue weighted by Gasteiger charge is 1.88. The van der Waals surface area contributed by atoms with Crippen molar-refractivity contribution in [3.05, 3.63) is 6.42 Å². The van der Waals surface area contributed by atoms with Crippen LogP contribution in [0.5, 0.6) is 0 Å². The number of methoxy groups -OCH3 is 2. The second-order valence-corrected chi connectivity index (χ2v) is 2.21. The third-order valence-corrected chi connectivity index (χ3v) is 1.28. The molecule has 0 saturated heterocycles. The van der Waals surface area contributed by atoms with Crippen LogP contribution in [0.4, 0.5) is 0 Å². The van der Waals surface area contributed by atoms with Crippen LogP contribution in [-0.4, -0.2) is 27.4 Å². The van der Waals surface area contributed by atoms with Crippen LogP contribution in [0.2, 0.25) is 0 Å². The molecule has 2 nitrogen and oxygen atoms in total. The maximum Gasteiger partial charge on any atom is 0.0465 e. The van der Waals surface area contributed by atoms with Crippen LogP contribution in [0.25, 0.3) is 0 Å². The zero-order valence-corrected chi connectivity index (χ0v) is 6.93. The van der Waals surface area contributed by atoms with E-state index in [2.05, 4.69) is 6.42 Å². The van der Waals surface area contributed by atoms with Crippen LogP contribution in [0, 0.1) is 6.42 Å². The maximum absolute atomic E-state index is 4.90. The molecule has 0 aliphatic rings. The molecule has 0 N–H and O–H groups in total. The van der Waals surface area contributed by atoms with E-state index in [0.29, 0.717) is 0 Å². The highest BCUT2D eigenvalue weighted by atomic mass is 16.5. The highest BCUT2D eigenvalue weighted by molar-refractivity contribution is 4.62. The fraction of sp³-hybridized carbons (Fsp3) is 0.875.